The molecule has 1 amide bonds. The molecule has 0 bridgehead atoms. The van der Waals surface area contributed by atoms with E-state index in [0.29, 0.717) is 13.1 Å². The van der Waals surface area contributed by atoms with E-state index in [2.05, 4.69) is 10.4 Å². The van der Waals surface area contributed by atoms with Crippen LogP contribution in [0.4, 0.5) is 0 Å². The summed E-state index contributed by atoms with van der Waals surface area (Å²) < 4.78 is 1.74. The Labute approximate surface area is 108 Å². The van der Waals surface area contributed by atoms with Crippen LogP contribution in [0.1, 0.15) is 25.5 Å². The van der Waals surface area contributed by atoms with Gasteiger partial charge in [0.15, 0.2) is 0 Å². The lowest BCUT2D eigenvalue weighted by molar-refractivity contribution is -0.122. The van der Waals surface area contributed by atoms with Gasteiger partial charge >= 0.3 is 0 Å². The lowest BCUT2D eigenvalue weighted by Gasteiger charge is -2.29. The molecule has 2 unspecified atom stereocenters. The molecule has 3 N–H and O–H groups in total. The summed E-state index contributed by atoms with van der Waals surface area (Å²) in [6.07, 6.45) is 3.73. The molecule has 1 heterocycles. The third kappa shape index (κ3) is 3.82. The van der Waals surface area contributed by atoms with Crippen LogP contribution in [-0.4, -0.2) is 46.8 Å². The fourth-order valence-corrected chi connectivity index (χ4v) is 2.13. The van der Waals surface area contributed by atoms with Gasteiger partial charge < -0.3 is 11.1 Å². The average Bonchev–Trinajstić information content (AvgIpc) is 2.64. The Morgan fingerprint density at radius 1 is 1.67 bits per heavy atom. The molecule has 0 spiro atoms. The predicted molar refractivity (Wildman–Crippen MR) is 70.9 cm³/mol. The standard InChI is InChI=1S/C12H23N5O/c1-5-14-11(18)8-16(3)12(9(2)13)10-6-15-17(4)7-10/h6-7,9,12H,5,8,13H2,1-4H3,(H,14,18). The zero-order valence-corrected chi connectivity index (χ0v) is 11.6. The topological polar surface area (TPSA) is 76.2 Å². The van der Waals surface area contributed by atoms with E-state index in [-0.39, 0.29) is 18.0 Å². The lowest BCUT2D eigenvalue weighted by Crippen LogP contribution is -2.42. The minimum Gasteiger partial charge on any atom is -0.355 e. The van der Waals surface area contributed by atoms with Gasteiger partial charge in [0.25, 0.3) is 0 Å². The van der Waals surface area contributed by atoms with Crippen molar-refractivity contribution in [2.45, 2.75) is 25.9 Å². The molecule has 1 rings (SSSR count). The maximum atomic E-state index is 11.6. The molecule has 1 aromatic heterocycles. The van der Waals surface area contributed by atoms with Crippen molar-refractivity contribution in [1.82, 2.24) is 20.0 Å². The monoisotopic (exact) mass is 253 g/mol. The third-order valence-electron chi connectivity index (χ3n) is 2.81. The van der Waals surface area contributed by atoms with E-state index in [0.717, 1.165) is 5.56 Å². The van der Waals surface area contributed by atoms with Crippen LogP contribution in [0, 0.1) is 0 Å². The second-order valence-corrected chi connectivity index (χ2v) is 4.62. The maximum Gasteiger partial charge on any atom is 0.234 e. The first-order valence-electron chi connectivity index (χ1n) is 6.16. The second kappa shape index (κ2) is 6.51. The number of hydrogen-bond acceptors (Lipinski definition) is 4. The van der Waals surface area contributed by atoms with Gasteiger partial charge in [0.05, 0.1) is 18.8 Å². The van der Waals surface area contributed by atoms with E-state index >= 15 is 0 Å². The zero-order chi connectivity index (χ0) is 13.7. The van der Waals surface area contributed by atoms with E-state index in [1.54, 1.807) is 10.9 Å². The van der Waals surface area contributed by atoms with Crippen LogP contribution in [0.5, 0.6) is 0 Å². The summed E-state index contributed by atoms with van der Waals surface area (Å²) in [6.45, 7) is 4.81. The SMILES string of the molecule is CCNC(=O)CN(C)C(c1cnn(C)c1)C(C)N. The van der Waals surface area contributed by atoms with Crippen LogP contribution in [0.15, 0.2) is 12.4 Å². The molecular weight excluding hydrogens is 230 g/mol. The number of carbonyl (C=O) groups is 1. The van der Waals surface area contributed by atoms with Crippen LogP contribution in [0.2, 0.25) is 0 Å². The summed E-state index contributed by atoms with van der Waals surface area (Å²) in [5, 5.41) is 6.94. The first kappa shape index (κ1) is 14.7. The highest BCUT2D eigenvalue weighted by Crippen LogP contribution is 2.21. The molecule has 102 valence electrons. The average molecular weight is 253 g/mol. The molecule has 0 fully saturated rings. The number of carbonyl (C=O) groups excluding carboxylic acids is 1. The number of nitrogens with zero attached hydrogens (tertiary/aromatic N) is 3. The van der Waals surface area contributed by atoms with Crippen LogP contribution >= 0.6 is 0 Å². The molecule has 6 heteroatoms. The molecule has 0 aliphatic carbocycles. The molecule has 18 heavy (non-hydrogen) atoms. The van der Waals surface area contributed by atoms with Crippen molar-refractivity contribution < 1.29 is 4.79 Å². The van der Waals surface area contributed by atoms with Crippen molar-refractivity contribution in [3.05, 3.63) is 18.0 Å². The van der Waals surface area contributed by atoms with Crippen molar-refractivity contribution in [2.75, 3.05) is 20.1 Å². The number of likely N-dealkylation sites (N-methyl/N-ethyl adjacent to an activating group) is 2. The van der Waals surface area contributed by atoms with Gasteiger partial charge in [0.2, 0.25) is 5.91 Å². The summed E-state index contributed by atoms with van der Waals surface area (Å²) >= 11 is 0. The summed E-state index contributed by atoms with van der Waals surface area (Å²) in [5.41, 5.74) is 7.05. The Bertz CT molecular complexity index is 388. The molecule has 0 aliphatic rings. The molecule has 0 saturated carbocycles. The number of hydrogen-bond donors (Lipinski definition) is 2. The molecule has 0 aromatic carbocycles. The van der Waals surface area contributed by atoms with Gasteiger partial charge in [0, 0.05) is 31.4 Å². The quantitative estimate of drug-likeness (QED) is 0.741. The Kier molecular flexibility index (Phi) is 5.30. The minimum absolute atomic E-state index is 0.00883. The molecule has 0 saturated heterocycles. The van der Waals surface area contributed by atoms with Crippen molar-refractivity contribution in [1.29, 1.82) is 0 Å². The van der Waals surface area contributed by atoms with Crippen molar-refractivity contribution in [3.8, 4) is 0 Å². The summed E-state index contributed by atoms with van der Waals surface area (Å²) in [5.74, 6) is 0.00883. The van der Waals surface area contributed by atoms with Gasteiger partial charge in [-0.2, -0.15) is 5.10 Å². The lowest BCUT2D eigenvalue weighted by atomic mass is 10.0. The summed E-state index contributed by atoms with van der Waals surface area (Å²) in [6, 6.07) is -0.0880. The fraction of sp³-hybridized carbons (Fsp3) is 0.667. The highest BCUT2D eigenvalue weighted by Gasteiger charge is 2.23. The number of nitrogens with one attached hydrogen (secondary N) is 1. The smallest absolute Gasteiger partial charge is 0.234 e. The van der Waals surface area contributed by atoms with Crippen molar-refractivity contribution in [3.63, 3.8) is 0 Å². The number of nitrogens with two attached hydrogens (primary N) is 1. The number of aryl methyl sites for hydroxylation is 1. The molecule has 1 aromatic rings. The Morgan fingerprint density at radius 3 is 2.78 bits per heavy atom. The van der Waals surface area contributed by atoms with Crippen molar-refractivity contribution >= 4 is 5.91 Å². The Balaban J connectivity index is 2.76. The molecule has 6 nitrogen and oxygen atoms in total. The molecular formula is C12H23N5O. The number of rotatable bonds is 6. The van der Waals surface area contributed by atoms with Gasteiger partial charge in [-0.1, -0.05) is 0 Å². The molecule has 0 radical (unpaired) electrons. The van der Waals surface area contributed by atoms with Gasteiger partial charge in [-0.25, -0.2) is 0 Å². The zero-order valence-electron chi connectivity index (χ0n) is 11.6. The Hall–Kier alpha value is -1.40. The van der Waals surface area contributed by atoms with Gasteiger partial charge in [-0.15, -0.1) is 0 Å². The second-order valence-electron chi connectivity index (χ2n) is 4.62. The largest absolute Gasteiger partial charge is 0.355 e. The highest BCUT2D eigenvalue weighted by molar-refractivity contribution is 5.77. The van der Waals surface area contributed by atoms with E-state index in [9.17, 15) is 4.79 Å². The van der Waals surface area contributed by atoms with Crippen LogP contribution in [0.25, 0.3) is 0 Å². The van der Waals surface area contributed by atoms with E-state index in [4.69, 9.17) is 5.73 Å². The first-order valence-corrected chi connectivity index (χ1v) is 6.16. The minimum atomic E-state index is -0.0753. The fourth-order valence-electron chi connectivity index (χ4n) is 2.13. The van der Waals surface area contributed by atoms with E-state index < -0.39 is 0 Å². The van der Waals surface area contributed by atoms with Crippen LogP contribution in [0.3, 0.4) is 0 Å². The van der Waals surface area contributed by atoms with E-state index in [1.165, 1.54) is 0 Å². The van der Waals surface area contributed by atoms with Crippen LogP contribution < -0.4 is 11.1 Å². The van der Waals surface area contributed by atoms with Crippen LogP contribution in [-0.2, 0) is 11.8 Å². The molecule has 2 atom stereocenters. The summed E-state index contributed by atoms with van der Waals surface area (Å²) in [7, 11) is 3.77. The van der Waals surface area contributed by atoms with E-state index in [1.807, 2.05) is 39.0 Å². The maximum absolute atomic E-state index is 11.6. The third-order valence-corrected chi connectivity index (χ3v) is 2.81. The Morgan fingerprint density at radius 2 is 2.33 bits per heavy atom. The highest BCUT2D eigenvalue weighted by atomic mass is 16.2. The van der Waals surface area contributed by atoms with Crippen molar-refractivity contribution in [2.24, 2.45) is 12.8 Å². The van der Waals surface area contributed by atoms with Gasteiger partial charge in [0.1, 0.15) is 0 Å². The first-order chi connectivity index (χ1) is 8.45. The van der Waals surface area contributed by atoms with Gasteiger partial charge in [-0.3, -0.25) is 14.4 Å². The predicted octanol–water partition coefficient (Wildman–Crippen LogP) is -0.124. The normalized spacial score (nSPS) is 14.6. The summed E-state index contributed by atoms with van der Waals surface area (Å²) in [4.78, 5) is 13.6. The molecule has 0 aliphatic heterocycles. The number of amides is 1. The van der Waals surface area contributed by atoms with Gasteiger partial charge in [-0.05, 0) is 20.9 Å². The number of aromatic nitrogens is 2.